The van der Waals surface area contributed by atoms with Gasteiger partial charge in [0.25, 0.3) is 0 Å². The molecule has 0 bridgehead atoms. The highest BCUT2D eigenvalue weighted by Crippen LogP contribution is 2.31. The number of aliphatic carboxylic acids is 1. The van der Waals surface area contributed by atoms with Gasteiger partial charge in [0.05, 0.1) is 0 Å². The Morgan fingerprint density at radius 2 is 2.05 bits per heavy atom. The van der Waals surface area contributed by atoms with Gasteiger partial charge in [-0.15, -0.1) is 0 Å². The van der Waals surface area contributed by atoms with E-state index in [1.165, 1.54) is 0 Å². The molecule has 0 saturated heterocycles. The average Bonchev–Trinajstić information content (AvgIpc) is 3.27. The molecule has 1 aliphatic rings. The number of nitrogens with one attached hydrogen (secondary N) is 1. The van der Waals surface area contributed by atoms with Crippen LogP contribution in [0.2, 0.25) is 0 Å². The number of carbonyl (C=O) groups is 1. The van der Waals surface area contributed by atoms with Crippen LogP contribution < -0.4 is 5.32 Å². The van der Waals surface area contributed by atoms with Gasteiger partial charge in [0.15, 0.2) is 0 Å². The highest BCUT2D eigenvalue weighted by Gasteiger charge is 2.43. The summed E-state index contributed by atoms with van der Waals surface area (Å²) in [5.74, 6) is -0.823. The molecule has 2 rings (SSSR count). The molecule has 1 saturated carbocycles. The number of carboxylic acid groups (broad SMARTS) is 1. The predicted octanol–water partition coefficient (Wildman–Crippen LogP) is 2.54. The van der Waals surface area contributed by atoms with Gasteiger partial charge in [-0.05, 0) is 24.8 Å². The minimum absolute atomic E-state index is 0.317. The smallest absolute Gasteiger partial charge is 0.328 e. The van der Waals surface area contributed by atoms with E-state index in [4.69, 9.17) is 4.74 Å². The molecule has 4 nitrogen and oxygen atoms in total. The van der Waals surface area contributed by atoms with Crippen molar-refractivity contribution in [3.63, 3.8) is 0 Å². The van der Waals surface area contributed by atoms with Crippen LogP contribution in [-0.2, 0) is 15.1 Å². The number of hydrogen-bond acceptors (Lipinski definition) is 3. The van der Waals surface area contributed by atoms with Crippen molar-refractivity contribution in [3.05, 3.63) is 35.9 Å². The minimum Gasteiger partial charge on any atom is -0.480 e. The first-order valence-electron chi connectivity index (χ1n) is 7.33. The summed E-state index contributed by atoms with van der Waals surface area (Å²) in [5.41, 5.74) is -0.226. The zero-order valence-corrected chi connectivity index (χ0v) is 12.0. The van der Waals surface area contributed by atoms with Crippen LogP contribution in [0.25, 0.3) is 0 Å². The van der Waals surface area contributed by atoms with Crippen molar-refractivity contribution in [1.29, 1.82) is 0 Å². The van der Waals surface area contributed by atoms with Gasteiger partial charge in [-0.25, -0.2) is 4.79 Å². The monoisotopic (exact) mass is 277 g/mol. The first-order valence-corrected chi connectivity index (χ1v) is 7.33. The molecule has 0 aliphatic heterocycles. The summed E-state index contributed by atoms with van der Waals surface area (Å²) in [4.78, 5) is 11.9. The summed E-state index contributed by atoms with van der Waals surface area (Å²) in [6.45, 7) is 3.17. The van der Waals surface area contributed by atoms with Gasteiger partial charge in [0.1, 0.15) is 5.54 Å². The molecule has 1 aliphatic carbocycles. The fourth-order valence-corrected chi connectivity index (χ4v) is 2.36. The predicted molar refractivity (Wildman–Crippen MR) is 77.6 cm³/mol. The number of ether oxygens (including phenoxy) is 1. The molecule has 1 unspecified atom stereocenters. The van der Waals surface area contributed by atoms with Crippen molar-refractivity contribution < 1.29 is 14.6 Å². The van der Waals surface area contributed by atoms with Gasteiger partial charge in [-0.1, -0.05) is 37.3 Å². The molecule has 20 heavy (non-hydrogen) atoms. The molecule has 0 amide bonds. The molecule has 1 aromatic carbocycles. The van der Waals surface area contributed by atoms with E-state index < -0.39 is 11.5 Å². The van der Waals surface area contributed by atoms with E-state index in [2.05, 4.69) is 5.32 Å². The number of carboxylic acids is 1. The maximum absolute atomic E-state index is 11.9. The summed E-state index contributed by atoms with van der Waals surface area (Å²) in [5, 5.41) is 13.1. The highest BCUT2D eigenvalue weighted by molar-refractivity contribution is 5.81. The van der Waals surface area contributed by atoms with E-state index in [-0.39, 0.29) is 0 Å². The van der Waals surface area contributed by atoms with E-state index >= 15 is 0 Å². The second-order valence-electron chi connectivity index (χ2n) is 5.36. The lowest BCUT2D eigenvalue weighted by atomic mass is 9.86. The summed E-state index contributed by atoms with van der Waals surface area (Å²) in [7, 11) is 0. The molecule has 1 fully saturated rings. The molecular weight excluding hydrogens is 254 g/mol. The normalized spacial score (nSPS) is 17.6. The molecule has 0 heterocycles. The second kappa shape index (κ2) is 6.86. The first-order chi connectivity index (χ1) is 9.69. The third-order valence-electron chi connectivity index (χ3n) is 3.63. The largest absolute Gasteiger partial charge is 0.480 e. The van der Waals surface area contributed by atoms with Gasteiger partial charge in [0, 0.05) is 25.7 Å². The van der Waals surface area contributed by atoms with Crippen molar-refractivity contribution in [1.82, 2.24) is 5.32 Å². The topological polar surface area (TPSA) is 58.6 Å². The van der Waals surface area contributed by atoms with E-state index in [1.807, 2.05) is 37.3 Å². The standard InChI is InChI=1S/C16H23NO3/c1-2-11-20-12-10-16(15(18)19,17-14-8-9-14)13-6-4-3-5-7-13/h3-7,14,17H,2,8-12H2,1H3,(H,18,19). The molecule has 4 heteroatoms. The van der Waals surface area contributed by atoms with Crippen molar-refractivity contribution in [2.75, 3.05) is 13.2 Å². The quantitative estimate of drug-likeness (QED) is 0.681. The molecule has 0 spiro atoms. The molecule has 1 atom stereocenters. The lowest BCUT2D eigenvalue weighted by Crippen LogP contribution is -2.51. The zero-order valence-electron chi connectivity index (χ0n) is 12.0. The molecule has 0 radical (unpaired) electrons. The Kier molecular flexibility index (Phi) is 5.15. The zero-order chi connectivity index (χ0) is 14.4. The van der Waals surface area contributed by atoms with Crippen molar-refractivity contribution >= 4 is 5.97 Å². The Bertz CT molecular complexity index is 431. The van der Waals surface area contributed by atoms with Crippen LogP contribution in [0.4, 0.5) is 0 Å². The third kappa shape index (κ3) is 3.58. The Labute approximate surface area is 120 Å². The lowest BCUT2D eigenvalue weighted by molar-refractivity contribution is -0.146. The Hall–Kier alpha value is -1.39. The van der Waals surface area contributed by atoms with E-state index in [1.54, 1.807) is 0 Å². The van der Waals surface area contributed by atoms with Crippen LogP contribution >= 0.6 is 0 Å². The van der Waals surface area contributed by atoms with Gasteiger partial charge in [-0.2, -0.15) is 0 Å². The molecule has 2 N–H and O–H groups in total. The van der Waals surface area contributed by atoms with Crippen LogP contribution in [0, 0.1) is 0 Å². The van der Waals surface area contributed by atoms with E-state index in [0.29, 0.717) is 25.7 Å². The van der Waals surface area contributed by atoms with Crippen molar-refractivity contribution in [2.45, 2.75) is 44.2 Å². The molecule has 110 valence electrons. The number of hydrogen-bond donors (Lipinski definition) is 2. The average molecular weight is 277 g/mol. The summed E-state index contributed by atoms with van der Waals surface area (Å²) >= 11 is 0. The van der Waals surface area contributed by atoms with Crippen molar-refractivity contribution in [2.24, 2.45) is 0 Å². The van der Waals surface area contributed by atoms with Crippen LogP contribution in [0.1, 0.15) is 38.2 Å². The first kappa shape index (κ1) is 15.0. The summed E-state index contributed by atoms with van der Waals surface area (Å²) in [6.07, 6.45) is 3.50. The lowest BCUT2D eigenvalue weighted by Gasteiger charge is -2.31. The summed E-state index contributed by atoms with van der Waals surface area (Å²) in [6, 6.07) is 9.74. The van der Waals surface area contributed by atoms with Gasteiger partial charge in [0.2, 0.25) is 0 Å². The van der Waals surface area contributed by atoms with E-state index in [0.717, 1.165) is 24.8 Å². The van der Waals surface area contributed by atoms with Crippen LogP contribution in [0.3, 0.4) is 0 Å². The number of rotatable bonds is 9. The van der Waals surface area contributed by atoms with Gasteiger partial charge < -0.3 is 9.84 Å². The fraction of sp³-hybridized carbons (Fsp3) is 0.562. The highest BCUT2D eigenvalue weighted by atomic mass is 16.5. The molecule has 0 aromatic heterocycles. The Balaban J connectivity index is 2.17. The van der Waals surface area contributed by atoms with Gasteiger partial charge >= 0.3 is 5.97 Å². The minimum atomic E-state index is -1.03. The van der Waals surface area contributed by atoms with Crippen LogP contribution in [0.15, 0.2) is 30.3 Å². The van der Waals surface area contributed by atoms with Crippen molar-refractivity contribution in [3.8, 4) is 0 Å². The number of benzene rings is 1. The van der Waals surface area contributed by atoms with E-state index in [9.17, 15) is 9.90 Å². The molecule has 1 aromatic rings. The fourth-order valence-electron chi connectivity index (χ4n) is 2.36. The Morgan fingerprint density at radius 3 is 2.60 bits per heavy atom. The Morgan fingerprint density at radius 1 is 1.35 bits per heavy atom. The summed E-state index contributed by atoms with van der Waals surface area (Å²) < 4.78 is 5.51. The van der Waals surface area contributed by atoms with Crippen LogP contribution in [0.5, 0.6) is 0 Å². The molecular formula is C16H23NO3. The maximum Gasteiger partial charge on any atom is 0.328 e. The van der Waals surface area contributed by atoms with Crippen LogP contribution in [-0.4, -0.2) is 30.3 Å². The third-order valence-corrected chi connectivity index (χ3v) is 3.63. The second-order valence-corrected chi connectivity index (χ2v) is 5.36. The van der Waals surface area contributed by atoms with Gasteiger partial charge in [-0.3, -0.25) is 5.32 Å². The SMILES string of the molecule is CCCOCCC(NC1CC1)(C(=O)O)c1ccccc1. The maximum atomic E-state index is 11.9.